The molecule has 0 aromatic heterocycles. The zero-order chi connectivity index (χ0) is 6.69. The molecule has 0 radical (unpaired) electrons. The van der Waals surface area contributed by atoms with Crippen molar-refractivity contribution in [3.8, 4) is 0 Å². The molecule has 1 rings (SSSR count). The molecule has 10 heavy (non-hydrogen) atoms. The maximum atomic E-state index is 10.2. The van der Waals surface area contributed by atoms with Crippen LogP contribution in [0.4, 0.5) is 4.79 Å². The minimum atomic E-state index is -0.600. The number of rotatable bonds is 2. The highest BCUT2D eigenvalue weighted by Crippen LogP contribution is 2.04. The summed E-state index contributed by atoms with van der Waals surface area (Å²) in [6.07, 6.45) is -0.806. The smallest absolute Gasteiger partial charge is 0.430 e. The maximum absolute atomic E-state index is 10.2. The van der Waals surface area contributed by atoms with Crippen molar-refractivity contribution in [2.75, 3.05) is 20.3 Å². The minimum absolute atomic E-state index is 0. The van der Waals surface area contributed by atoms with Crippen molar-refractivity contribution in [2.45, 2.75) is 13.5 Å². The van der Waals surface area contributed by atoms with Gasteiger partial charge >= 0.3 is 6.16 Å². The highest BCUT2D eigenvalue weighted by Gasteiger charge is 2.24. The van der Waals surface area contributed by atoms with Crippen LogP contribution in [-0.2, 0) is 14.2 Å². The van der Waals surface area contributed by atoms with Crippen molar-refractivity contribution < 1.29 is 19.0 Å². The van der Waals surface area contributed by atoms with Gasteiger partial charge in [-0.2, -0.15) is 0 Å². The van der Waals surface area contributed by atoms with Gasteiger partial charge in [0.05, 0.1) is 6.61 Å². The number of cyclic esters (lactones) is 2. The Morgan fingerprint density at radius 3 is 2.90 bits per heavy atom. The summed E-state index contributed by atoms with van der Waals surface area (Å²) < 4.78 is 13.8. The van der Waals surface area contributed by atoms with E-state index in [1.54, 1.807) is 7.11 Å². The van der Waals surface area contributed by atoms with Crippen LogP contribution in [0.3, 0.4) is 0 Å². The topological polar surface area (TPSA) is 44.8 Å². The fourth-order valence-electron chi connectivity index (χ4n) is 0.633. The Bertz CT molecular complexity index is 112. The van der Waals surface area contributed by atoms with Crippen LogP contribution in [0.2, 0.25) is 0 Å². The van der Waals surface area contributed by atoms with Crippen molar-refractivity contribution in [3.05, 3.63) is 0 Å². The van der Waals surface area contributed by atoms with E-state index in [2.05, 4.69) is 9.47 Å². The van der Waals surface area contributed by atoms with Gasteiger partial charge in [-0.15, -0.1) is 0 Å². The second-order valence-electron chi connectivity index (χ2n) is 1.76. The first-order valence-corrected chi connectivity index (χ1v) is 2.65. The molecule has 60 valence electrons. The zero-order valence-electron chi connectivity index (χ0n) is 5.12. The summed E-state index contributed by atoms with van der Waals surface area (Å²) in [5, 5.41) is 0. The van der Waals surface area contributed by atoms with E-state index in [1.165, 1.54) is 0 Å². The minimum Gasteiger partial charge on any atom is -0.430 e. The van der Waals surface area contributed by atoms with Crippen molar-refractivity contribution in [1.82, 2.24) is 0 Å². The van der Waals surface area contributed by atoms with Crippen LogP contribution in [0.5, 0.6) is 0 Å². The van der Waals surface area contributed by atoms with Crippen LogP contribution < -0.4 is 0 Å². The fraction of sp³-hybridized carbons (Fsp3) is 0.833. The lowest BCUT2D eigenvalue weighted by Gasteiger charge is -2.01. The second kappa shape index (κ2) is 4.11. The standard InChI is InChI=1S/C5H8O4.CH4/c1-7-2-4-3-8-5(6)9-4;/h4H,2-3H2,1H3;1H4. The summed E-state index contributed by atoms with van der Waals surface area (Å²) in [5.74, 6) is 0. The van der Waals surface area contributed by atoms with Crippen LogP contribution in [0.1, 0.15) is 7.43 Å². The summed E-state index contributed by atoms with van der Waals surface area (Å²) in [7, 11) is 1.55. The van der Waals surface area contributed by atoms with Crippen LogP contribution in [-0.4, -0.2) is 32.6 Å². The number of carbonyl (C=O) groups excluding carboxylic acids is 1. The molecule has 0 aliphatic carbocycles. The van der Waals surface area contributed by atoms with Crippen LogP contribution in [0.15, 0.2) is 0 Å². The molecule has 0 aromatic rings. The molecule has 1 unspecified atom stereocenters. The molecule has 0 spiro atoms. The van der Waals surface area contributed by atoms with Gasteiger partial charge < -0.3 is 14.2 Å². The van der Waals surface area contributed by atoms with Gasteiger partial charge in [0.25, 0.3) is 0 Å². The van der Waals surface area contributed by atoms with E-state index in [4.69, 9.17) is 4.74 Å². The van der Waals surface area contributed by atoms with Crippen molar-refractivity contribution in [2.24, 2.45) is 0 Å². The highest BCUT2D eigenvalue weighted by atomic mass is 16.8. The molecule has 1 saturated heterocycles. The van der Waals surface area contributed by atoms with E-state index in [9.17, 15) is 4.79 Å². The third-order valence-corrected chi connectivity index (χ3v) is 1.00. The molecule has 0 bridgehead atoms. The molecule has 4 heteroatoms. The molecular formula is C6H12O4. The lowest BCUT2D eigenvalue weighted by molar-refractivity contribution is 0.0709. The average Bonchev–Trinajstić information content (AvgIpc) is 2.17. The monoisotopic (exact) mass is 148 g/mol. The van der Waals surface area contributed by atoms with Crippen LogP contribution >= 0.6 is 0 Å². The third-order valence-electron chi connectivity index (χ3n) is 1.00. The molecule has 0 aromatic carbocycles. The van der Waals surface area contributed by atoms with E-state index in [0.717, 1.165) is 0 Å². The second-order valence-corrected chi connectivity index (χ2v) is 1.76. The molecule has 1 atom stereocenters. The first-order valence-electron chi connectivity index (χ1n) is 2.65. The Labute approximate surface area is 60.1 Å². The third kappa shape index (κ3) is 2.23. The first kappa shape index (κ1) is 9.23. The number of hydrogen-bond acceptors (Lipinski definition) is 4. The lowest BCUT2D eigenvalue weighted by Crippen LogP contribution is -2.16. The van der Waals surface area contributed by atoms with Gasteiger partial charge in [-0.05, 0) is 0 Å². The van der Waals surface area contributed by atoms with Gasteiger partial charge in [0.15, 0.2) is 6.10 Å². The summed E-state index contributed by atoms with van der Waals surface area (Å²) >= 11 is 0. The SMILES string of the molecule is C.COCC1COC(=O)O1. The summed E-state index contributed by atoms with van der Waals surface area (Å²) in [5.41, 5.74) is 0. The number of hydrogen-bond donors (Lipinski definition) is 0. The van der Waals surface area contributed by atoms with Gasteiger partial charge in [0.1, 0.15) is 6.61 Å². The van der Waals surface area contributed by atoms with Gasteiger partial charge in [-0.1, -0.05) is 7.43 Å². The molecule has 1 aliphatic heterocycles. The fourth-order valence-corrected chi connectivity index (χ4v) is 0.633. The normalized spacial score (nSPS) is 22.9. The number of carbonyl (C=O) groups is 1. The molecule has 1 heterocycles. The van der Waals surface area contributed by atoms with Crippen molar-refractivity contribution in [1.29, 1.82) is 0 Å². The Morgan fingerprint density at radius 2 is 2.50 bits per heavy atom. The van der Waals surface area contributed by atoms with Crippen LogP contribution in [0, 0.1) is 0 Å². The van der Waals surface area contributed by atoms with E-state index in [1.807, 2.05) is 0 Å². The number of methoxy groups -OCH3 is 1. The van der Waals surface area contributed by atoms with Gasteiger partial charge in [-0.3, -0.25) is 0 Å². The predicted molar refractivity (Wildman–Crippen MR) is 34.8 cm³/mol. The summed E-state index contributed by atoms with van der Waals surface area (Å²) in [6.45, 7) is 0.721. The lowest BCUT2D eigenvalue weighted by atomic mass is 10.4. The van der Waals surface area contributed by atoms with Gasteiger partial charge in [0, 0.05) is 7.11 Å². The summed E-state index contributed by atoms with van der Waals surface area (Å²) in [4.78, 5) is 10.2. The summed E-state index contributed by atoms with van der Waals surface area (Å²) in [6, 6.07) is 0. The molecule has 0 amide bonds. The molecule has 0 N–H and O–H groups in total. The molecule has 1 aliphatic rings. The van der Waals surface area contributed by atoms with E-state index in [-0.39, 0.29) is 13.5 Å². The van der Waals surface area contributed by atoms with Crippen molar-refractivity contribution >= 4 is 6.16 Å². The Kier molecular flexibility index (Phi) is 3.79. The van der Waals surface area contributed by atoms with Gasteiger partial charge in [0.2, 0.25) is 0 Å². The zero-order valence-corrected chi connectivity index (χ0v) is 5.12. The Balaban J connectivity index is 0.000000810. The predicted octanol–water partition coefficient (Wildman–Crippen LogP) is 0.804. The first-order chi connectivity index (χ1) is 4.33. The average molecular weight is 148 g/mol. The number of ether oxygens (including phenoxy) is 3. The molecular weight excluding hydrogens is 136 g/mol. The van der Waals surface area contributed by atoms with Gasteiger partial charge in [-0.25, -0.2) is 4.79 Å². The largest absolute Gasteiger partial charge is 0.508 e. The molecule has 1 fully saturated rings. The molecule has 4 nitrogen and oxygen atoms in total. The Morgan fingerprint density at radius 1 is 1.80 bits per heavy atom. The molecule has 0 saturated carbocycles. The van der Waals surface area contributed by atoms with E-state index >= 15 is 0 Å². The van der Waals surface area contributed by atoms with E-state index in [0.29, 0.717) is 13.2 Å². The van der Waals surface area contributed by atoms with E-state index < -0.39 is 6.16 Å². The maximum Gasteiger partial charge on any atom is 0.508 e. The highest BCUT2D eigenvalue weighted by molar-refractivity contribution is 5.61. The van der Waals surface area contributed by atoms with Crippen molar-refractivity contribution in [3.63, 3.8) is 0 Å². The van der Waals surface area contributed by atoms with Crippen LogP contribution in [0.25, 0.3) is 0 Å². The quantitative estimate of drug-likeness (QED) is 0.543. The Hall–Kier alpha value is -0.770.